The first-order valence-corrected chi connectivity index (χ1v) is 5.04. The number of hydrogen-bond acceptors (Lipinski definition) is 2. The number of hydrogen-bond donors (Lipinski definition) is 0. The zero-order chi connectivity index (χ0) is 10.3. The molecule has 1 unspecified atom stereocenters. The molecule has 2 heteroatoms. The van der Waals surface area contributed by atoms with Gasteiger partial charge in [-0.05, 0) is 18.8 Å². The minimum atomic E-state index is -0.369. The number of rotatable bonds is 6. The lowest BCUT2D eigenvalue weighted by Crippen LogP contribution is -2.14. The minimum Gasteiger partial charge on any atom is -0.298 e. The first-order chi connectivity index (χ1) is 6.11. The van der Waals surface area contributed by atoms with Crippen LogP contribution in [-0.2, 0) is 4.79 Å². The summed E-state index contributed by atoms with van der Waals surface area (Å²) >= 11 is 0. The van der Waals surface area contributed by atoms with Crippen LogP contribution in [0.3, 0.4) is 0 Å². The Labute approximate surface area is 80.9 Å². The first kappa shape index (κ1) is 12.2. The van der Waals surface area contributed by atoms with E-state index in [1.807, 2.05) is 13.8 Å². The second-order valence-electron chi connectivity index (χ2n) is 3.88. The number of nitrogens with zero attached hydrogens (tertiary/aromatic N) is 1. The average molecular weight is 181 g/mol. The highest BCUT2D eigenvalue weighted by atomic mass is 16.1. The van der Waals surface area contributed by atoms with Gasteiger partial charge in [-0.3, -0.25) is 4.79 Å². The van der Waals surface area contributed by atoms with E-state index in [1.54, 1.807) is 0 Å². The van der Waals surface area contributed by atoms with Gasteiger partial charge in [0, 0.05) is 6.42 Å². The zero-order valence-corrected chi connectivity index (χ0v) is 8.84. The lowest BCUT2D eigenvalue weighted by Gasteiger charge is -2.09. The Hall–Kier alpha value is -0.840. The average Bonchev–Trinajstić information content (AvgIpc) is 2.09. The predicted molar refractivity (Wildman–Crippen MR) is 53.1 cm³/mol. The van der Waals surface area contributed by atoms with Crippen molar-refractivity contribution in [2.75, 3.05) is 0 Å². The molecule has 0 bridgehead atoms. The van der Waals surface area contributed by atoms with Gasteiger partial charge in [-0.1, -0.05) is 27.2 Å². The number of carbonyl (C=O) groups excluding carboxylic acids is 1. The molecule has 0 saturated carbocycles. The molecule has 13 heavy (non-hydrogen) atoms. The Morgan fingerprint density at radius 1 is 1.46 bits per heavy atom. The second-order valence-corrected chi connectivity index (χ2v) is 3.88. The van der Waals surface area contributed by atoms with E-state index in [0.717, 1.165) is 12.8 Å². The molecule has 1 atom stereocenters. The fourth-order valence-corrected chi connectivity index (χ4v) is 1.25. The number of Topliss-reactive ketones (excluding diaryl/α,β-unsaturated/α-hetero) is 1. The molecule has 0 aliphatic rings. The maximum atomic E-state index is 11.4. The maximum Gasteiger partial charge on any atom is 0.150 e. The molecular weight excluding hydrogens is 162 g/mol. The molecule has 0 fully saturated rings. The normalized spacial score (nSPS) is 12.5. The van der Waals surface area contributed by atoms with Crippen LogP contribution in [-0.4, -0.2) is 5.78 Å². The largest absolute Gasteiger partial charge is 0.298 e. The summed E-state index contributed by atoms with van der Waals surface area (Å²) in [5.41, 5.74) is 0. The van der Waals surface area contributed by atoms with Crippen molar-refractivity contribution in [3.8, 4) is 6.07 Å². The fraction of sp³-hybridized carbons (Fsp3) is 0.818. The van der Waals surface area contributed by atoms with Crippen LogP contribution in [0.25, 0.3) is 0 Å². The SMILES string of the molecule is CCCCC(=O)C(C#N)CC(C)C. The molecule has 0 spiro atoms. The molecule has 0 radical (unpaired) electrons. The maximum absolute atomic E-state index is 11.4. The zero-order valence-electron chi connectivity index (χ0n) is 8.84. The Bertz CT molecular complexity index is 191. The number of unbranched alkanes of at least 4 members (excludes halogenated alkanes) is 1. The van der Waals surface area contributed by atoms with E-state index in [4.69, 9.17) is 5.26 Å². The van der Waals surface area contributed by atoms with Crippen molar-refractivity contribution in [2.45, 2.75) is 46.5 Å². The van der Waals surface area contributed by atoms with Crippen LogP contribution in [0.5, 0.6) is 0 Å². The van der Waals surface area contributed by atoms with Gasteiger partial charge < -0.3 is 0 Å². The van der Waals surface area contributed by atoms with Crippen LogP contribution in [0.4, 0.5) is 0 Å². The molecule has 0 aromatic carbocycles. The fourth-order valence-electron chi connectivity index (χ4n) is 1.25. The second kappa shape index (κ2) is 6.65. The highest BCUT2D eigenvalue weighted by molar-refractivity contribution is 5.83. The summed E-state index contributed by atoms with van der Waals surface area (Å²) in [6, 6.07) is 2.09. The van der Waals surface area contributed by atoms with Crippen molar-refractivity contribution in [3.63, 3.8) is 0 Å². The first-order valence-electron chi connectivity index (χ1n) is 5.04. The molecule has 0 amide bonds. The van der Waals surface area contributed by atoms with E-state index in [2.05, 4.69) is 13.0 Å². The summed E-state index contributed by atoms with van der Waals surface area (Å²) in [6.45, 7) is 6.13. The summed E-state index contributed by atoms with van der Waals surface area (Å²) < 4.78 is 0. The highest BCUT2D eigenvalue weighted by Gasteiger charge is 2.17. The third-order valence-corrected chi connectivity index (χ3v) is 2.03. The van der Waals surface area contributed by atoms with Crippen LogP contribution in [0.2, 0.25) is 0 Å². The van der Waals surface area contributed by atoms with E-state index in [-0.39, 0.29) is 11.7 Å². The molecule has 0 aliphatic heterocycles. The molecule has 0 aliphatic carbocycles. The van der Waals surface area contributed by atoms with Crippen molar-refractivity contribution < 1.29 is 4.79 Å². The van der Waals surface area contributed by atoms with Crippen molar-refractivity contribution in [2.24, 2.45) is 11.8 Å². The summed E-state index contributed by atoms with van der Waals surface area (Å²) in [7, 11) is 0. The van der Waals surface area contributed by atoms with E-state index in [1.165, 1.54) is 0 Å². The van der Waals surface area contributed by atoms with Gasteiger partial charge in [0.1, 0.15) is 11.7 Å². The molecule has 74 valence electrons. The molecular formula is C11H19NO. The van der Waals surface area contributed by atoms with E-state index < -0.39 is 0 Å². The smallest absolute Gasteiger partial charge is 0.150 e. The third-order valence-electron chi connectivity index (χ3n) is 2.03. The van der Waals surface area contributed by atoms with E-state index in [9.17, 15) is 4.79 Å². The standard InChI is InChI=1S/C11H19NO/c1-4-5-6-11(13)10(8-12)7-9(2)3/h9-10H,4-7H2,1-3H3. The summed E-state index contributed by atoms with van der Waals surface area (Å²) in [6.07, 6.45) is 3.21. The van der Waals surface area contributed by atoms with Gasteiger partial charge in [0.2, 0.25) is 0 Å². The monoisotopic (exact) mass is 181 g/mol. The Morgan fingerprint density at radius 2 is 2.08 bits per heavy atom. The number of nitriles is 1. The minimum absolute atomic E-state index is 0.123. The van der Waals surface area contributed by atoms with Crippen molar-refractivity contribution >= 4 is 5.78 Å². The highest BCUT2D eigenvalue weighted by Crippen LogP contribution is 2.14. The predicted octanol–water partition coefficient (Wildman–Crippen LogP) is 2.93. The molecule has 0 N–H and O–H groups in total. The molecule has 0 saturated heterocycles. The van der Waals surface area contributed by atoms with Crippen LogP contribution in [0, 0.1) is 23.2 Å². The summed E-state index contributed by atoms with van der Waals surface area (Å²) in [4.78, 5) is 11.4. The van der Waals surface area contributed by atoms with E-state index in [0.29, 0.717) is 18.8 Å². The van der Waals surface area contributed by atoms with Crippen molar-refractivity contribution in [1.82, 2.24) is 0 Å². The molecule has 0 aromatic rings. The summed E-state index contributed by atoms with van der Waals surface area (Å²) in [5, 5.41) is 8.77. The van der Waals surface area contributed by atoms with Gasteiger partial charge >= 0.3 is 0 Å². The Kier molecular flexibility index (Phi) is 6.22. The molecule has 2 nitrogen and oxygen atoms in total. The topological polar surface area (TPSA) is 40.9 Å². The molecule has 0 rings (SSSR count). The van der Waals surface area contributed by atoms with Gasteiger partial charge in [0.15, 0.2) is 0 Å². The third kappa shape index (κ3) is 5.41. The van der Waals surface area contributed by atoms with Crippen LogP contribution in [0.1, 0.15) is 46.5 Å². The summed E-state index contributed by atoms with van der Waals surface area (Å²) in [5.74, 6) is 0.180. The Morgan fingerprint density at radius 3 is 2.46 bits per heavy atom. The van der Waals surface area contributed by atoms with Crippen LogP contribution in [0.15, 0.2) is 0 Å². The van der Waals surface area contributed by atoms with Crippen LogP contribution >= 0.6 is 0 Å². The quantitative estimate of drug-likeness (QED) is 0.632. The van der Waals surface area contributed by atoms with Gasteiger partial charge in [0.25, 0.3) is 0 Å². The lowest BCUT2D eigenvalue weighted by molar-refractivity contribution is -0.121. The lowest BCUT2D eigenvalue weighted by atomic mass is 9.92. The van der Waals surface area contributed by atoms with Gasteiger partial charge in [-0.15, -0.1) is 0 Å². The Balaban J connectivity index is 3.94. The van der Waals surface area contributed by atoms with Crippen molar-refractivity contribution in [1.29, 1.82) is 5.26 Å². The van der Waals surface area contributed by atoms with E-state index >= 15 is 0 Å². The van der Waals surface area contributed by atoms with Gasteiger partial charge in [0.05, 0.1) is 6.07 Å². The molecule has 0 aromatic heterocycles. The van der Waals surface area contributed by atoms with Crippen LogP contribution < -0.4 is 0 Å². The number of ketones is 1. The molecule has 0 heterocycles. The number of carbonyl (C=O) groups is 1. The van der Waals surface area contributed by atoms with Gasteiger partial charge in [-0.25, -0.2) is 0 Å². The van der Waals surface area contributed by atoms with Crippen molar-refractivity contribution in [3.05, 3.63) is 0 Å². The van der Waals surface area contributed by atoms with Gasteiger partial charge in [-0.2, -0.15) is 5.26 Å².